The second-order valence-corrected chi connectivity index (χ2v) is 6.73. The highest BCUT2D eigenvalue weighted by atomic mass is 35.5. The van der Waals surface area contributed by atoms with Crippen LogP contribution in [-0.4, -0.2) is 36.6 Å². The Morgan fingerprint density at radius 2 is 2.10 bits per heavy atom. The first-order valence-electron chi connectivity index (χ1n) is 7.54. The molecule has 3 rings (SSSR count). The van der Waals surface area contributed by atoms with E-state index in [2.05, 4.69) is 34.9 Å². The predicted octanol–water partition coefficient (Wildman–Crippen LogP) is 4.14. The van der Waals surface area contributed by atoms with Crippen molar-refractivity contribution in [2.75, 3.05) is 24.5 Å². The number of hydrogen-bond acceptors (Lipinski definition) is 2. The van der Waals surface area contributed by atoms with Crippen molar-refractivity contribution in [3.63, 3.8) is 0 Å². The normalized spacial score (nSPS) is 27.4. The monoisotopic (exact) mass is 312 g/mol. The van der Waals surface area contributed by atoms with Crippen LogP contribution in [0.15, 0.2) is 18.2 Å². The largest absolute Gasteiger partial charge is 0.366 e. The van der Waals surface area contributed by atoms with Crippen molar-refractivity contribution in [1.82, 2.24) is 4.90 Å². The molecule has 2 aliphatic heterocycles. The van der Waals surface area contributed by atoms with Crippen LogP contribution in [0.1, 0.15) is 31.7 Å². The van der Waals surface area contributed by atoms with E-state index in [1.807, 2.05) is 0 Å². The van der Waals surface area contributed by atoms with Crippen LogP contribution >= 0.6 is 23.2 Å². The summed E-state index contributed by atoms with van der Waals surface area (Å²) in [5.74, 6) is 0.477. The van der Waals surface area contributed by atoms with E-state index < -0.39 is 0 Å². The first kappa shape index (κ1) is 14.5. The average Bonchev–Trinajstić information content (AvgIpc) is 2.46. The van der Waals surface area contributed by atoms with Crippen LogP contribution in [0, 0.1) is 0 Å². The molecule has 0 bridgehead atoms. The molecule has 0 radical (unpaired) electrons. The Bertz CT molecular complexity index is 478. The van der Waals surface area contributed by atoms with Crippen LogP contribution in [-0.2, 0) is 5.88 Å². The zero-order valence-electron chi connectivity index (χ0n) is 12.0. The second kappa shape index (κ2) is 6.13. The van der Waals surface area contributed by atoms with Crippen molar-refractivity contribution < 1.29 is 0 Å². The van der Waals surface area contributed by atoms with Crippen LogP contribution in [0.4, 0.5) is 5.69 Å². The van der Waals surface area contributed by atoms with E-state index in [9.17, 15) is 0 Å². The highest BCUT2D eigenvalue weighted by Crippen LogP contribution is 2.31. The highest BCUT2D eigenvalue weighted by Gasteiger charge is 2.33. The number of piperidine rings is 1. The summed E-state index contributed by atoms with van der Waals surface area (Å²) >= 11 is 12.2. The fourth-order valence-corrected chi connectivity index (χ4v) is 4.08. The Morgan fingerprint density at radius 3 is 2.85 bits per heavy atom. The van der Waals surface area contributed by atoms with Crippen molar-refractivity contribution in [3.05, 3.63) is 28.8 Å². The van der Waals surface area contributed by atoms with Gasteiger partial charge < -0.3 is 4.90 Å². The molecule has 1 aromatic carbocycles. The zero-order valence-corrected chi connectivity index (χ0v) is 13.5. The maximum atomic E-state index is 6.31. The zero-order chi connectivity index (χ0) is 14.1. The number of piperazine rings is 1. The Morgan fingerprint density at radius 1 is 1.25 bits per heavy atom. The van der Waals surface area contributed by atoms with Crippen molar-refractivity contribution in [2.24, 2.45) is 0 Å². The summed E-state index contributed by atoms with van der Waals surface area (Å²) in [5.41, 5.74) is 2.25. The van der Waals surface area contributed by atoms with Gasteiger partial charge in [0.1, 0.15) is 0 Å². The molecule has 110 valence electrons. The number of benzene rings is 1. The molecular weight excluding hydrogens is 291 g/mol. The summed E-state index contributed by atoms with van der Waals surface area (Å²) in [6.07, 6.45) is 4.06. The minimum atomic E-state index is 0.477. The van der Waals surface area contributed by atoms with E-state index >= 15 is 0 Å². The lowest BCUT2D eigenvalue weighted by Crippen LogP contribution is -2.58. The van der Waals surface area contributed by atoms with Gasteiger partial charge in [0.15, 0.2) is 0 Å². The number of halogens is 2. The molecule has 0 spiro atoms. The van der Waals surface area contributed by atoms with Crippen LogP contribution in [0.2, 0.25) is 5.02 Å². The maximum Gasteiger partial charge on any atom is 0.0488 e. The topological polar surface area (TPSA) is 6.48 Å². The fraction of sp³-hybridized carbons (Fsp3) is 0.625. The summed E-state index contributed by atoms with van der Waals surface area (Å²) in [4.78, 5) is 5.18. The quantitative estimate of drug-likeness (QED) is 0.757. The predicted molar refractivity (Wildman–Crippen MR) is 87.0 cm³/mol. The molecule has 2 nitrogen and oxygen atoms in total. The van der Waals surface area contributed by atoms with Gasteiger partial charge >= 0.3 is 0 Å². The number of rotatable bonds is 2. The lowest BCUT2D eigenvalue weighted by molar-refractivity contribution is 0.115. The standard InChI is InChI=1S/C16H22Cl2N2/c1-12-10-19-7-3-2-4-15(19)11-20(12)14-6-5-13(9-17)16(18)8-14/h5-6,8,12,15H,2-4,7,9-11H2,1H3. The number of hydrogen-bond donors (Lipinski definition) is 0. The third-order valence-corrected chi connectivity index (χ3v) is 5.34. The molecule has 0 aliphatic carbocycles. The van der Waals surface area contributed by atoms with Crippen molar-refractivity contribution in [3.8, 4) is 0 Å². The Labute approximate surface area is 131 Å². The molecule has 20 heavy (non-hydrogen) atoms. The van der Waals surface area contributed by atoms with Crippen LogP contribution in [0.3, 0.4) is 0 Å². The van der Waals surface area contributed by atoms with Gasteiger partial charge in [-0.15, -0.1) is 11.6 Å². The fourth-order valence-electron chi connectivity index (χ4n) is 3.54. The van der Waals surface area contributed by atoms with Gasteiger partial charge in [0.25, 0.3) is 0 Å². The van der Waals surface area contributed by atoms with Gasteiger partial charge in [-0.05, 0) is 44.0 Å². The third-order valence-electron chi connectivity index (χ3n) is 4.70. The van der Waals surface area contributed by atoms with Gasteiger partial charge in [-0.2, -0.15) is 0 Å². The molecule has 1 aromatic rings. The molecule has 2 saturated heterocycles. The molecule has 0 N–H and O–H groups in total. The Balaban J connectivity index is 1.80. The molecule has 4 heteroatoms. The van der Waals surface area contributed by atoms with E-state index in [4.69, 9.17) is 23.2 Å². The summed E-state index contributed by atoms with van der Waals surface area (Å²) < 4.78 is 0. The SMILES string of the molecule is CC1CN2CCCCC2CN1c1ccc(CCl)c(Cl)c1. The minimum absolute atomic E-state index is 0.477. The summed E-state index contributed by atoms with van der Waals surface area (Å²) in [5, 5.41) is 0.788. The molecule has 2 unspecified atom stereocenters. The number of anilines is 1. The van der Waals surface area contributed by atoms with E-state index in [1.165, 1.54) is 38.0 Å². The van der Waals surface area contributed by atoms with Gasteiger partial charge in [0.2, 0.25) is 0 Å². The van der Waals surface area contributed by atoms with Gasteiger partial charge in [0.05, 0.1) is 0 Å². The van der Waals surface area contributed by atoms with Gasteiger partial charge in [-0.3, -0.25) is 4.90 Å². The maximum absolute atomic E-state index is 6.31. The van der Waals surface area contributed by atoms with Crippen molar-refractivity contribution in [1.29, 1.82) is 0 Å². The second-order valence-electron chi connectivity index (χ2n) is 6.06. The van der Waals surface area contributed by atoms with Gasteiger partial charge in [-0.1, -0.05) is 24.1 Å². The van der Waals surface area contributed by atoms with Gasteiger partial charge in [0, 0.05) is 41.8 Å². The highest BCUT2D eigenvalue weighted by molar-refractivity contribution is 6.32. The lowest BCUT2D eigenvalue weighted by Gasteiger charge is -2.48. The van der Waals surface area contributed by atoms with E-state index in [1.54, 1.807) is 0 Å². The molecule has 0 amide bonds. The Kier molecular flexibility index (Phi) is 4.44. The summed E-state index contributed by atoms with van der Waals surface area (Å²) in [6.45, 7) is 5.88. The van der Waals surface area contributed by atoms with Crippen molar-refractivity contribution in [2.45, 2.75) is 44.1 Å². The number of alkyl halides is 1. The molecule has 2 atom stereocenters. The summed E-state index contributed by atoms with van der Waals surface area (Å²) in [6, 6.07) is 7.56. The van der Waals surface area contributed by atoms with E-state index in [-0.39, 0.29) is 0 Å². The van der Waals surface area contributed by atoms with E-state index in [0.29, 0.717) is 18.0 Å². The van der Waals surface area contributed by atoms with Crippen LogP contribution < -0.4 is 4.90 Å². The first-order valence-corrected chi connectivity index (χ1v) is 8.45. The molecule has 0 saturated carbocycles. The van der Waals surface area contributed by atoms with Crippen LogP contribution in [0.5, 0.6) is 0 Å². The summed E-state index contributed by atoms with van der Waals surface area (Å²) in [7, 11) is 0. The molecule has 2 aliphatic rings. The van der Waals surface area contributed by atoms with Gasteiger partial charge in [-0.25, -0.2) is 0 Å². The minimum Gasteiger partial charge on any atom is -0.366 e. The molecule has 2 fully saturated rings. The van der Waals surface area contributed by atoms with Crippen LogP contribution in [0.25, 0.3) is 0 Å². The lowest BCUT2D eigenvalue weighted by atomic mass is 9.96. The third kappa shape index (κ3) is 2.79. The first-order chi connectivity index (χ1) is 9.69. The molecule has 0 aromatic heterocycles. The Hall–Kier alpha value is -0.440. The van der Waals surface area contributed by atoms with E-state index in [0.717, 1.165) is 17.1 Å². The smallest absolute Gasteiger partial charge is 0.0488 e. The number of nitrogens with zero attached hydrogens (tertiary/aromatic N) is 2. The van der Waals surface area contributed by atoms with Crippen molar-refractivity contribution >= 4 is 28.9 Å². The molecular formula is C16H22Cl2N2. The average molecular weight is 313 g/mol. The molecule has 2 heterocycles. The number of fused-ring (bicyclic) bond motifs is 1.